The molecule has 0 spiro atoms. The smallest absolute Gasteiger partial charge is 0.122 e. The minimum Gasteiger partial charge on any atom is -0.493 e. The molecule has 1 heterocycles. The Hall–Kier alpha value is -2.47. The molecule has 1 atom stereocenters. The van der Waals surface area contributed by atoms with Gasteiger partial charge in [0.1, 0.15) is 5.75 Å². The van der Waals surface area contributed by atoms with Gasteiger partial charge in [0, 0.05) is 12.1 Å². The van der Waals surface area contributed by atoms with Gasteiger partial charge in [-0.1, -0.05) is 19.1 Å². The Morgan fingerprint density at radius 1 is 1.29 bits per heavy atom. The minimum atomic E-state index is 0.241. The van der Waals surface area contributed by atoms with Gasteiger partial charge in [-0.25, -0.2) is 0 Å². The molecule has 2 aromatic rings. The first kappa shape index (κ1) is 13.5. The van der Waals surface area contributed by atoms with Crippen molar-refractivity contribution in [3.8, 4) is 11.8 Å². The zero-order valence-electron chi connectivity index (χ0n) is 12.1. The number of benzene rings is 2. The van der Waals surface area contributed by atoms with Gasteiger partial charge in [-0.3, -0.25) is 0 Å². The summed E-state index contributed by atoms with van der Waals surface area (Å²) in [6, 6.07) is 16.5. The van der Waals surface area contributed by atoms with Crippen LogP contribution in [0, 0.1) is 11.3 Å². The number of nitrogens with one attached hydrogen (secondary N) is 1. The van der Waals surface area contributed by atoms with E-state index in [9.17, 15) is 0 Å². The number of ether oxygens (including phenoxy) is 1. The SMILES string of the molecule is CCC(Nc1cccc(C#N)c1)c1ccc2c(c1)CCO2. The van der Waals surface area contributed by atoms with Crippen LogP contribution in [0.5, 0.6) is 5.75 Å². The summed E-state index contributed by atoms with van der Waals surface area (Å²) in [5.41, 5.74) is 4.22. The maximum Gasteiger partial charge on any atom is 0.122 e. The van der Waals surface area contributed by atoms with Crippen LogP contribution in [-0.2, 0) is 6.42 Å². The second-order valence-corrected chi connectivity index (χ2v) is 5.26. The highest BCUT2D eigenvalue weighted by atomic mass is 16.5. The number of nitrogens with zero attached hydrogens (tertiary/aromatic N) is 1. The lowest BCUT2D eigenvalue weighted by atomic mass is 10.0. The molecule has 21 heavy (non-hydrogen) atoms. The van der Waals surface area contributed by atoms with Crippen molar-refractivity contribution in [3.05, 3.63) is 59.2 Å². The van der Waals surface area contributed by atoms with Crippen LogP contribution in [0.15, 0.2) is 42.5 Å². The van der Waals surface area contributed by atoms with Crippen molar-refractivity contribution >= 4 is 5.69 Å². The summed E-state index contributed by atoms with van der Waals surface area (Å²) < 4.78 is 5.56. The first-order valence-corrected chi connectivity index (χ1v) is 7.32. The maximum absolute atomic E-state index is 8.98. The van der Waals surface area contributed by atoms with Crippen LogP contribution in [0.2, 0.25) is 0 Å². The van der Waals surface area contributed by atoms with Crippen LogP contribution in [0.25, 0.3) is 0 Å². The monoisotopic (exact) mass is 278 g/mol. The summed E-state index contributed by atoms with van der Waals surface area (Å²) in [4.78, 5) is 0. The fraction of sp³-hybridized carbons (Fsp3) is 0.278. The largest absolute Gasteiger partial charge is 0.493 e. The predicted octanol–water partition coefficient (Wildman–Crippen LogP) is 4.06. The number of nitriles is 1. The van der Waals surface area contributed by atoms with E-state index < -0.39 is 0 Å². The molecule has 3 nitrogen and oxygen atoms in total. The molecule has 1 aliphatic heterocycles. The number of hydrogen-bond donors (Lipinski definition) is 1. The number of rotatable bonds is 4. The van der Waals surface area contributed by atoms with Gasteiger partial charge >= 0.3 is 0 Å². The van der Waals surface area contributed by atoms with Crippen LogP contribution in [0.4, 0.5) is 5.69 Å². The number of hydrogen-bond acceptors (Lipinski definition) is 3. The van der Waals surface area contributed by atoms with E-state index in [1.165, 1.54) is 11.1 Å². The van der Waals surface area contributed by atoms with Crippen molar-refractivity contribution in [1.82, 2.24) is 0 Å². The molecule has 0 bridgehead atoms. The van der Waals surface area contributed by atoms with E-state index in [1.807, 2.05) is 24.3 Å². The van der Waals surface area contributed by atoms with Crippen LogP contribution < -0.4 is 10.1 Å². The average molecular weight is 278 g/mol. The normalized spacial score (nSPS) is 13.9. The third-order valence-corrected chi connectivity index (χ3v) is 3.86. The first-order chi connectivity index (χ1) is 10.3. The molecule has 3 heteroatoms. The second-order valence-electron chi connectivity index (χ2n) is 5.26. The topological polar surface area (TPSA) is 45.0 Å². The van der Waals surface area contributed by atoms with Gasteiger partial charge < -0.3 is 10.1 Å². The number of fused-ring (bicyclic) bond motifs is 1. The van der Waals surface area contributed by atoms with E-state index in [2.05, 4.69) is 36.5 Å². The Morgan fingerprint density at radius 3 is 3.00 bits per heavy atom. The molecule has 1 N–H and O–H groups in total. The van der Waals surface area contributed by atoms with Crippen molar-refractivity contribution in [1.29, 1.82) is 5.26 Å². The van der Waals surface area contributed by atoms with Crippen molar-refractivity contribution in [2.24, 2.45) is 0 Å². The zero-order valence-corrected chi connectivity index (χ0v) is 12.1. The zero-order chi connectivity index (χ0) is 14.7. The van der Waals surface area contributed by atoms with E-state index in [-0.39, 0.29) is 6.04 Å². The summed E-state index contributed by atoms with van der Waals surface area (Å²) >= 11 is 0. The molecular formula is C18H18N2O. The Labute approximate surface area is 125 Å². The molecule has 0 radical (unpaired) electrons. The Balaban J connectivity index is 1.83. The summed E-state index contributed by atoms with van der Waals surface area (Å²) in [5.74, 6) is 1.01. The van der Waals surface area contributed by atoms with E-state index in [4.69, 9.17) is 10.00 Å². The van der Waals surface area contributed by atoms with Crippen molar-refractivity contribution in [3.63, 3.8) is 0 Å². The second kappa shape index (κ2) is 5.88. The van der Waals surface area contributed by atoms with Crippen LogP contribution in [0.3, 0.4) is 0 Å². The van der Waals surface area contributed by atoms with Gasteiger partial charge in [0.2, 0.25) is 0 Å². The van der Waals surface area contributed by atoms with Crippen LogP contribution >= 0.6 is 0 Å². The molecule has 0 saturated heterocycles. The molecule has 2 aromatic carbocycles. The highest BCUT2D eigenvalue weighted by molar-refractivity contribution is 5.51. The summed E-state index contributed by atoms with van der Waals surface area (Å²) in [6.07, 6.45) is 1.97. The molecule has 0 aliphatic carbocycles. The minimum absolute atomic E-state index is 0.241. The van der Waals surface area contributed by atoms with Gasteiger partial charge in [-0.15, -0.1) is 0 Å². The molecule has 0 saturated carbocycles. The van der Waals surface area contributed by atoms with E-state index in [1.54, 1.807) is 0 Å². The summed E-state index contributed by atoms with van der Waals surface area (Å²) in [6.45, 7) is 2.95. The standard InChI is InChI=1S/C18H18N2O/c1-2-17(20-16-5-3-4-13(10-16)12-19)14-6-7-18-15(11-14)8-9-21-18/h3-7,10-11,17,20H,2,8-9H2,1H3. The van der Waals surface area contributed by atoms with Crippen molar-refractivity contribution < 1.29 is 4.74 Å². The maximum atomic E-state index is 8.98. The van der Waals surface area contributed by atoms with Gasteiger partial charge in [0.15, 0.2) is 0 Å². The molecule has 106 valence electrons. The van der Waals surface area contributed by atoms with Crippen molar-refractivity contribution in [2.45, 2.75) is 25.8 Å². The van der Waals surface area contributed by atoms with Crippen LogP contribution in [0.1, 0.15) is 36.1 Å². The average Bonchev–Trinajstić information content (AvgIpc) is 3.00. The quantitative estimate of drug-likeness (QED) is 0.917. The number of anilines is 1. The Bertz CT molecular complexity index is 688. The molecular weight excluding hydrogens is 260 g/mol. The highest BCUT2D eigenvalue weighted by Crippen LogP contribution is 2.30. The molecule has 1 aliphatic rings. The lowest BCUT2D eigenvalue weighted by Gasteiger charge is -2.19. The van der Waals surface area contributed by atoms with Gasteiger partial charge in [0.25, 0.3) is 0 Å². The fourth-order valence-electron chi connectivity index (χ4n) is 2.72. The molecule has 0 amide bonds. The third kappa shape index (κ3) is 2.85. The summed E-state index contributed by atoms with van der Waals surface area (Å²) in [5, 5.41) is 12.5. The van der Waals surface area contributed by atoms with E-state index in [0.717, 1.165) is 30.9 Å². The molecule has 0 aromatic heterocycles. The summed E-state index contributed by atoms with van der Waals surface area (Å²) in [7, 11) is 0. The van der Waals surface area contributed by atoms with Crippen LogP contribution in [-0.4, -0.2) is 6.61 Å². The van der Waals surface area contributed by atoms with Gasteiger partial charge in [0.05, 0.1) is 24.3 Å². The first-order valence-electron chi connectivity index (χ1n) is 7.32. The van der Waals surface area contributed by atoms with E-state index in [0.29, 0.717) is 5.56 Å². The Morgan fingerprint density at radius 2 is 2.19 bits per heavy atom. The third-order valence-electron chi connectivity index (χ3n) is 3.86. The van der Waals surface area contributed by atoms with E-state index >= 15 is 0 Å². The molecule has 0 fully saturated rings. The molecule has 3 rings (SSSR count). The lowest BCUT2D eigenvalue weighted by Crippen LogP contribution is -2.10. The lowest BCUT2D eigenvalue weighted by molar-refractivity contribution is 0.357. The fourth-order valence-corrected chi connectivity index (χ4v) is 2.72. The van der Waals surface area contributed by atoms with Gasteiger partial charge in [-0.2, -0.15) is 5.26 Å². The van der Waals surface area contributed by atoms with Gasteiger partial charge in [-0.05, 0) is 47.9 Å². The predicted molar refractivity (Wildman–Crippen MR) is 83.5 cm³/mol. The van der Waals surface area contributed by atoms with Crippen molar-refractivity contribution in [2.75, 3.05) is 11.9 Å². The molecule has 1 unspecified atom stereocenters. The highest BCUT2D eigenvalue weighted by Gasteiger charge is 2.16. The Kier molecular flexibility index (Phi) is 3.79.